The quantitative estimate of drug-likeness (QED) is 0.225. The number of amides is 1. The maximum atomic E-state index is 12.4. The minimum absolute atomic E-state index is 0.0521. The maximum Gasteiger partial charge on any atom is 0.244 e. The molecular weight excluding hydrogens is 529 g/mol. The maximum absolute atomic E-state index is 12.4. The standard InChI is InChI=1S/C27H40INO4/c1-4-5-6-7-14-23-19-22(28)18-17-20(2)12-8-10-15-24(30)27(33)26(32)21(3)13-9-11-16-25(31)29-23/h6-13,15-17,21-24,26-27,30,32-33H,4-5,14,18-19H2,1-3H3,(H,29,31)/b7-6+,12-8+,13-9+,15-10-,16-11+,20-17+. The lowest BCUT2D eigenvalue weighted by atomic mass is 9.95. The van der Waals surface area contributed by atoms with E-state index in [2.05, 4.69) is 53.1 Å². The van der Waals surface area contributed by atoms with Crippen molar-refractivity contribution in [2.24, 2.45) is 5.92 Å². The Hall–Kier alpha value is -1.48. The second-order valence-corrected chi connectivity index (χ2v) is 10.3. The largest absolute Gasteiger partial charge is 0.390 e. The van der Waals surface area contributed by atoms with E-state index in [1.165, 1.54) is 12.2 Å². The molecule has 1 aliphatic rings. The number of unbranched alkanes of at least 4 members (excludes halogenated alkanes) is 1. The zero-order valence-corrected chi connectivity index (χ0v) is 22.1. The van der Waals surface area contributed by atoms with Crippen LogP contribution in [-0.2, 0) is 4.79 Å². The van der Waals surface area contributed by atoms with Gasteiger partial charge in [-0.2, -0.15) is 0 Å². The highest BCUT2D eigenvalue weighted by Gasteiger charge is 2.26. The van der Waals surface area contributed by atoms with Gasteiger partial charge in [0.25, 0.3) is 0 Å². The van der Waals surface area contributed by atoms with E-state index in [1.54, 1.807) is 31.2 Å². The first-order valence-corrected chi connectivity index (χ1v) is 13.0. The summed E-state index contributed by atoms with van der Waals surface area (Å²) in [6.07, 6.45) is 20.9. The fraction of sp³-hybridized carbons (Fsp3) is 0.519. The molecule has 5 nitrogen and oxygen atoms in total. The molecule has 184 valence electrons. The van der Waals surface area contributed by atoms with Gasteiger partial charge < -0.3 is 20.6 Å². The van der Waals surface area contributed by atoms with Gasteiger partial charge in [0.15, 0.2) is 0 Å². The summed E-state index contributed by atoms with van der Waals surface area (Å²) in [5, 5.41) is 33.8. The van der Waals surface area contributed by atoms with Crippen LogP contribution in [0.3, 0.4) is 0 Å². The van der Waals surface area contributed by atoms with Crippen LogP contribution in [0.5, 0.6) is 0 Å². The lowest BCUT2D eigenvalue weighted by molar-refractivity contribution is -0.117. The van der Waals surface area contributed by atoms with Gasteiger partial charge in [0, 0.05) is 22.0 Å². The molecule has 6 atom stereocenters. The number of carbonyl (C=O) groups excluding carboxylic acids is 1. The first-order chi connectivity index (χ1) is 15.7. The van der Waals surface area contributed by atoms with Crippen LogP contribution in [0.1, 0.15) is 52.9 Å². The van der Waals surface area contributed by atoms with E-state index >= 15 is 0 Å². The molecule has 0 bridgehead atoms. The molecule has 4 N–H and O–H groups in total. The highest BCUT2D eigenvalue weighted by molar-refractivity contribution is 14.1. The minimum Gasteiger partial charge on any atom is -0.390 e. The summed E-state index contributed by atoms with van der Waals surface area (Å²) in [5.74, 6) is -0.562. The molecule has 1 aliphatic heterocycles. The number of carbonyl (C=O) groups is 1. The van der Waals surface area contributed by atoms with Gasteiger partial charge in [-0.05, 0) is 32.6 Å². The predicted octanol–water partition coefficient (Wildman–Crippen LogP) is 4.70. The lowest BCUT2D eigenvalue weighted by Crippen LogP contribution is -2.39. The monoisotopic (exact) mass is 569 g/mol. The molecule has 33 heavy (non-hydrogen) atoms. The minimum atomic E-state index is -1.31. The Labute approximate surface area is 212 Å². The van der Waals surface area contributed by atoms with Crippen molar-refractivity contribution in [1.82, 2.24) is 5.32 Å². The summed E-state index contributed by atoms with van der Waals surface area (Å²) in [6, 6.07) is 0.0521. The smallest absolute Gasteiger partial charge is 0.244 e. The van der Waals surface area contributed by atoms with Gasteiger partial charge in [-0.15, -0.1) is 0 Å². The number of nitrogens with one attached hydrogen (secondary N) is 1. The third-order valence-corrected chi connectivity index (χ3v) is 6.43. The van der Waals surface area contributed by atoms with Crippen molar-refractivity contribution in [3.63, 3.8) is 0 Å². The second-order valence-electron chi connectivity index (χ2n) is 8.54. The van der Waals surface area contributed by atoms with Crippen molar-refractivity contribution in [3.05, 3.63) is 72.4 Å². The van der Waals surface area contributed by atoms with E-state index in [0.717, 1.165) is 37.7 Å². The van der Waals surface area contributed by atoms with Crippen molar-refractivity contribution in [3.8, 4) is 0 Å². The van der Waals surface area contributed by atoms with Crippen LogP contribution in [0.2, 0.25) is 0 Å². The van der Waals surface area contributed by atoms with Gasteiger partial charge in [0.05, 0.1) is 6.10 Å². The average Bonchev–Trinajstić information content (AvgIpc) is 2.79. The van der Waals surface area contributed by atoms with Crippen LogP contribution < -0.4 is 5.32 Å². The highest BCUT2D eigenvalue weighted by Crippen LogP contribution is 2.18. The molecule has 0 spiro atoms. The third kappa shape index (κ3) is 13.1. The molecule has 6 heteroatoms. The lowest BCUT2D eigenvalue weighted by Gasteiger charge is -2.24. The molecule has 0 aromatic heterocycles. The van der Waals surface area contributed by atoms with Crippen LogP contribution in [0.15, 0.2) is 72.4 Å². The van der Waals surface area contributed by atoms with Crippen LogP contribution in [0.4, 0.5) is 0 Å². The molecule has 6 unspecified atom stereocenters. The number of rotatable bonds is 4. The van der Waals surface area contributed by atoms with Crippen molar-refractivity contribution in [2.45, 2.75) is 81.2 Å². The molecule has 0 aromatic rings. The van der Waals surface area contributed by atoms with Crippen molar-refractivity contribution < 1.29 is 20.1 Å². The normalized spacial score (nSPS) is 36.3. The predicted molar refractivity (Wildman–Crippen MR) is 145 cm³/mol. The van der Waals surface area contributed by atoms with Gasteiger partial charge in [-0.1, -0.05) is 109 Å². The number of allylic oxidation sites excluding steroid dienone is 8. The Bertz CT molecular complexity index is 753. The number of aliphatic hydroxyl groups is 3. The number of halogens is 1. The van der Waals surface area contributed by atoms with E-state index in [4.69, 9.17) is 0 Å². The van der Waals surface area contributed by atoms with Crippen molar-refractivity contribution in [2.75, 3.05) is 0 Å². The molecule has 1 heterocycles. The van der Waals surface area contributed by atoms with E-state index in [0.29, 0.717) is 3.92 Å². The summed E-state index contributed by atoms with van der Waals surface area (Å²) in [6.45, 7) is 5.90. The van der Waals surface area contributed by atoms with Gasteiger partial charge in [0.1, 0.15) is 12.2 Å². The van der Waals surface area contributed by atoms with E-state index in [9.17, 15) is 20.1 Å². The molecule has 1 rings (SSSR count). The van der Waals surface area contributed by atoms with Crippen molar-refractivity contribution >= 4 is 28.5 Å². The Morgan fingerprint density at radius 2 is 1.76 bits per heavy atom. The first kappa shape index (κ1) is 29.6. The van der Waals surface area contributed by atoms with Gasteiger partial charge in [-0.3, -0.25) is 4.79 Å². The zero-order chi connectivity index (χ0) is 24.6. The Balaban J connectivity index is 3.04. The average molecular weight is 570 g/mol. The summed E-state index contributed by atoms with van der Waals surface area (Å²) in [7, 11) is 0. The summed E-state index contributed by atoms with van der Waals surface area (Å²) in [4.78, 5) is 12.4. The molecule has 0 aromatic carbocycles. The van der Waals surface area contributed by atoms with Gasteiger partial charge >= 0.3 is 0 Å². The SMILES string of the molecule is CCC/C=C/CC1CC(I)C/C=C(C)/C=C/C=C\C(O)C(O)C(O)C(C)/C=C/C=C/C(=O)N1. The summed E-state index contributed by atoms with van der Waals surface area (Å²) in [5.41, 5.74) is 1.09. The van der Waals surface area contributed by atoms with E-state index in [1.807, 2.05) is 19.1 Å². The fourth-order valence-electron chi connectivity index (χ4n) is 3.30. The van der Waals surface area contributed by atoms with Crippen LogP contribution in [-0.4, -0.2) is 49.5 Å². The van der Waals surface area contributed by atoms with Crippen LogP contribution in [0, 0.1) is 5.92 Å². The molecule has 0 saturated heterocycles. The van der Waals surface area contributed by atoms with Crippen molar-refractivity contribution in [1.29, 1.82) is 0 Å². The van der Waals surface area contributed by atoms with E-state index in [-0.39, 0.29) is 11.9 Å². The van der Waals surface area contributed by atoms with Crippen LogP contribution in [0.25, 0.3) is 0 Å². The zero-order valence-electron chi connectivity index (χ0n) is 20.0. The topological polar surface area (TPSA) is 89.8 Å². The molecular formula is C27H40INO4. The highest BCUT2D eigenvalue weighted by atomic mass is 127. The molecule has 0 saturated carbocycles. The van der Waals surface area contributed by atoms with Crippen LogP contribution >= 0.6 is 22.6 Å². The Morgan fingerprint density at radius 1 is 1.06 bits per heavy atom. The number of hydrogen-bond donors (Lipinski definition) is 4. The molecule has 1 amide bonds. The Kier molecular flexibility index (Phi) is 15.2. The van der Waals surface area contributed by atoms with E-state index < -0.39 is 24.2 Å². The number of alkyl halides is 1. The third-order valence-electron chi connectivity index (χ3n) is 5.42. The number of hydrogen-bond acceptors (Lipinski definition) is 4. The van der Waals surface area contributed by atoms with Gasteiger partial charge in [-0.25, -0.2) is 0 Å². The summed E-state index contributed by atoms with van der Waals surface area (Å²) >= 11 is 2.44. The molecule has 0 aliphatic carbocycles. The fourth-order valence-corrected chi connectivity index (χ4v) is 4.17. The first-order valence-electron chi connectivity index (χ1n) is 11.7. The summed E-state index contributed by atoms with van der Waals surface area (Å²) < 4.78 is 0.375. The molecule has 0 radical (unpaired) electrons. The number of aliphatic hydroxyl groups excluding tert-OH is 3. The second kappa shape index (κ2) is 17.0. The molecule has 0 fully saturated rings. The Morgan fingerprint density at radius 3 is 2.48 bits per heavy atom. The van der Waals surface area contributed by atoms with Gasteiger partial charge in [0.2, 0.25) is 5.91 Å².